The Morgan fingerprint density at radius 3 is 2.56 bits per heavy atom. The van der Waals surface area contributed by atoms with Crippen molar-refractivity contribution in [1.29, 1.82) is 0 Å². The van der Waals surface area contributed by atoms with E-state index in [1.807, 2.05) is 26.0 Å². The molecule has 0 radical (unpaired) electrons. The topological polar surface area (TPSA) is 40.5 Å². The fourth-order valence-electron chi connectivity index (χ4n) is 1.51. The van der Waals surface area contributed by atoms with Crippen molar-refractivity contribution >= 4 is 18.5 Å². The Bertz CT molecular complexity index is 366. The van der Waals surface area contributed by atoms with Crippen LogP contribution < -0.4 is 0 Å². The molecule has 0 fully saturated rings. The van der Waals surface area contributed by atoms with Gasteiger partial charge in [-0.15, -0.1) is 12.6 Å². The fraction of sp³-hybridized carbons (Fsp3) is 0.417. The first-order valence-electron chi connectivity index (χ1n) is 5.27. The van der Waals surface area contributed by atoms with E-state index >= 15 is 0 Å². The third-order valence-corrected chi connectivity index (χ3v) is 2.75. The Labute approximate surface area is 101 Å². The third kappa shape index (κ3) is 3.00. The van der Waals surface area contributed by atoms with Crippen molar-refractivity contribution in [2.45, 2.75) is 24.8 Å². The molecular weight excluding hydrogens is 222 g/mol. The van der Waals surface area contributed by atoms with Crippen LogP contribution in [-0.4, -0.2) is 35.1 Å². The van der Waals surface area contributed by atoms with Gasteiger partial charge in [0, 0.05) is 17.5 Å². The zero-order chi connectivity index (χ0) is 12.1. The molecule has 0 aliphatic heterocycles. The number of rotatable bonds is 4. The molecule has 1 rings (SSSR count). The number of carbonyl (C=O) groups is 1. The minimum absolute atomic E-state index is 0.0291. The van der Waals surface area contributed by atoms with Crippen molar-refractivity contribution in [3.8, 4) is 0 Å². The van der Waals surface area contributed by atoms with Crippen LogP contribution in [0.15, 0.2) is 29.2 Å². The lowest BCUT2D eigenvalue weighted by Crippen LogP contribution is -2.39. The first kappa shape index (κ1) is 13.1. The highest BCUT2D eigenvalue weighted by Crippen LogP contribution is 2.16. The van der Waals surface area contributed by atoms with Gasteiger partial charge in [0.15, 0.2) is 0 Å². The van der Waals surface area contributed by atoms with E-state index in [4.69, 9.17) is 5.11 Å². The molecule has 0 saturated carbocycles. The van der Waals surface area contributed by atoms with Crippen LogP contribution in [0.4, 0.5) is 0 Å². The number of benzene rings is 1. The Morgan fingerprint density at radius 1 is 1.44 bits per heavy atom. The lowest BCUT2D eigenvalue weighted by molar-refractivity contribution is 0.0662. The number of amides is 1. The second-order valence-electron chi connectivity index (χ2n) is 3.83. The number of aliphatic hydroxyl groups excluding tert-OH is 1. The molecule has 16 heavy (non-hydrogen) atoms. The Kier molecular flexibility index (Phi) is 4.83. The van der Waals surface area contributed by atoms with Gasteiger partial charge in [-0.05, 0) is 26.0 Å². The predicted molar refractivity (Wildman–Crippen MR) is 67.0 cm³/mol. The molecule has 0 bridgehead atoms. The van der Waals surface area contributed by atoms with Gasteiger partial charge in [0.25, 0.3) is 5.91 Å². The van der Waals surface area contributed by atoms with Gasteiger partial charge in [-0.3, -0.25) is 4.79 Å². The van der Waals surface area contributed by atoms with Gasteiger partial charge in [-0.25, -0.2) is 0 Å². The van der Waals surface area contributed by atoms with Crippen LogP contribution >= 0.6 is 12.6 Å². The van der Waals surface area contributed by atoms with E-state index in [1.54, 1.807) is 17.0 Å². The summed E-state index contributed by atoms with van der Waals surface area (Å²) in [6, 6.07) is 7.24. The van der Waals surface area contributed by atoms with Crippen molar-refractivity contribution in [3.05, 3.63) is 29.8 Å². The van der Waals surface area contributed by atoms with Crippen LogP contribution in [-0.2, 0) is 0 Å². The quantitative estimate of drug-likeness (QED) is 0.787. The maximum atomic E-state index is 12.2. The molecular formula is C12H17NO2S. The van der Waals surface area contributed by atoms with Gasteiger partial charge in [-0.2, -0.15) is 0 Å². The van der Waals surface area contributed by atoms with Crippen molar-refractivity contribution < 1.29 is 9.90 Å². The number of aliphatic hydroxyl groups is 1. The second-order valence-corrected chi connectivity index (χ2v) is 4.31. The average Bonchev–Trinajstić information content (AvgIpc) is 2.25. The van der Waals surface area contributed by atoms with Gasteiger partial charge in [-0.1, -0.05) is 12.1 Å². The zero-order valence-corrected chi connectivity index (χ0v) is 10.4. The number of hydrogen-bond acceptors (Lipinski definition) is 3. The molecule has 0 unspecified atom stereocenters. The summed E-state index contributed by atoms with van der Waals surface area (Å²) >= 11 is 4.26. The van der Waals surface area contributed by atoms with E-state index in [-0.39, 0.29) is 18.6 Å². The average molecular weight is 239 g/mol. The van der Waals surface area contributed by atoms with Gasteiger partial charge >= 0.3 is 0 Å². The minimum atomic E-state index is -0.0883. The highest BCUT2D eigenvalue weighted by Gasteiger charge is 2.19. The van der Waals surface area contributed by atoms with E-state index in [1.165, 1.54) is 0 Å². The van der Waals surface area contributed by atoms with Gasteiger partial charge in [0.2, 0.25) is 0 Å². The SMILES string of the molecule is CC(C)N(CCO)C(=O)c1ccccc1S. The van der Waals surface area contributed by atoms with E-state index in [0.29, 0.717) is 17.0 Å². The number of thiol groups is 1. The summed E-state index contributed by atoms with van der Waals surface area (Å²) in [5.74, 6) is -0.0883. The van der Waals surface area contributed by atoms with Crippen LogP contribution in [0.25, 0.3) is 0 Å². The zero-order valence-electron chi connectivity index (χ0n) is 9.55. The Hall–Kier alpha value is -1.00. The molecule has 1 N–H and O–H groups in total. The molecule has 0 atom stereocenters. The van der Waals surface area contributed by atoms with Crippen LogP contribution in [0, 0.1) is 0 Å². The molecule has 1 aromatic carbocycles. The van der Waals surface area contributed by atoms with Gasteiger partial charge in [0.1, 0.15) is 0 Å². The first-order valence-corrected chi connectivity index (χ1v) is 5.72. The molecule has 0 aliphatic rings. The van der Waals surface area contributed by atoms with Gasteiger partial charge < -0.3 is 10.0 Å². The van der Waals surface area contributed by atoms with Gasteiger partial charge in [0.05, 0.1) is 12.2 Å². The predicted octanol–water partition coefficient (Wildman–Crippen LogP) is 1.82. The summed E-state index contributed by atoms with van der Waals surface area (Å²) in [6.45, 7) is 4.17. The smallest absolute Gasteiger partial charge is 0.255 e. The maximum Gasteiger partial charge on any atom is 0.255 e. The van der Waals surface area contributed by atoms with E-state index < -0.39 is 0 Å². The Morgan fingerprint density at radius 2 is 2.06 bits per heavy atom. The molecule has 3 nitrogen and oxygen atoms in total. The monoisotopic (exact) mass is 239 g/mol. The summed E-state index contributed by atoms with van der Waals surface area (Å²) in [6.07, 6.45) is 0. The summed E-state index contributed by atoms with van der Waals surface area (Å²) in [7, 11) is 0. The van der Waals surface area contributed by atoms with Crippen LogP contribution in [0.2, 0.25) is 0 Å². The number of hydrogen-bond donors (Lipinski definition) is 2. The Balaban J connectivity index is 2.95. The fourth-order valence-corrected chi connectivity index (χ4v) is 1.77. The largest absolute Gasteiger partial charge is 0.395 e. The van der Waals surface area contributed by atoms with Crippen LogP contribution in [0.3, 0.4) is 0 Å². The third-order valence-electron chi connectivity index (χ3n) is 2.36. The minimum Gasteiger partial charge on any atom is -0.395 e. The maximum absolute atomic E-state index is 12.2. The highest BCUT2D eigenvalue weighted by atomic mass is 32.1. The van der Waals surface area contributed by atoms with E-state index in [0.717, 1.165) is 0 Å². The van der Waals surface area contributed by atoms with E-state index in [9.17, 15) is 4.79 Å². The van der Waals surface area contributed by atoms with Crippen LogP contribution in [0.1, 0.15) is 24.2 Å². The molecule has 0 saturated heterocycles. The molecule has 4 heteroatoms. The molecule has 1 aromatic rings. The lowest BCUT2D eigenvalue weighted by atomic mass is 10.1. The van der Waals surface area contributed by atoms with E-state index in [2.05, 4.69) is 12.6 Å². The lowest BCUT2D eigenvalue weighted by Gasteiger charge is -2.26. The summed E-state index contributed by atoms with van der Waals surface area (Å²) in [5, 5.41) is 8.94. The number of carbonyl (C=O) groups excluding carboxylic acids is 1. The highest BCUT2D eigenvalue weighted by molar-refractivity contribution is 7.80. The molecule has 0 aliphatic carbocycles. The second kappa shape index (κ2) is 5.92. The van der Waals surface area contributed by atoms with Crippen molar-refractivity contribution in [2.75, 3.05) is 13.2 Å². The summed E-state index contributed by atoms with van der Waals surface area (Å²) < 4.78 is 0. The molecule has 0 aromatic heterocycles. The van der Waals surface area contributed by atoms with Crippen molar-refractivity contribution in [1.82, 2.24) is 4.90 Å². The summed E-state index contributed by atoms with van der Waals surface area (Å²) in [5.41, 5.74) is 0.577. The molecule has 0 spiro atoms. The molecule has 88 valence electrons. The first-order chi connectivity index (χ1) is 7.57. The van der Waals surface area contributed by atoms with Crippen molar-refractivity contribution in [2.24, 2.45) is 0 Å². The number of nitrogens with zero attached hydrogens (tertiary/aromatic N) is 1. The molecule has 1 amide bonds. The van der Waals surface area contributed by atoms with Crippen molar-refractivity contribution in [3.63, 3.8) is 0 Å². The molecule has 0 heterocycles. The summed E-state index contributed by atoms with van der Waals surface area (Å²) in [4.78, 5) is 14.5. The normalized spacial score (nSPS) is 10.6. The van der Waals surface area contributed by atoms with Crippen LogP contribution in [0.5, 0.6) is 0 Å². The standard InChI is InChI=1S/C12H17NO2S/c1-9(2)13(7-8-14)12(15)10-5-3-4-6-11(10)16/h3-6,9,14,16H,7-8H2,1-2H3.